The Kier molecular flexibility index (Phi) is 2.93. The lowest BCUT2D eigenvalue weighted by molar-refractivity contribution is -0.121. The highest BCUT2D eigenvalue weighted by molar-refractivity contribution is 8.26. The second kappa shape index (κ2) is 4.20. The zero-order valence-electron chi connectivity index (χ0n) is 8.10. The minimum absolute atomic E-state index is 0.0197. The van der Waals surface area contributed by atoms with Crippen LogP contribution < -0.4 is 0 Å². The maximum atomic E-state index is 11.8. The largest absolute Gasteiger partial charge is 0.472 e. The van der Waals surface area contributed by atoms with Crippen molar-refractivity contribution in [2.45, 2.75) is 6.92 Å². The highest BCUT2D eigenvalue weighted by Crippen LogP contribution is 2.32. The first-order valence-electron chi connectivity index (χ1n) is 4.50. The highest BCUT2D eigenvalue weighted by Gasteiger charge is 2.30. The van der Waals surface area contributed by atoms with Crippen molar-refractivity contribution >= 4 is 40.3 Å². The van der Waals surface area contributed by atoms with Gasteiger partial charge in [0.05, 0.1) is 17.4 Å². The van der Waals surface area contributed by atoms with E-state index in [1.54, 1.807) is 29.6 Å². The molecule has 78 valence electrons. The van der Waals surface area contributed by atoms with E-state index in [1.807, 2.05) is 6.92 Å². The predicted molar refractivity (Wildman–Crippen MR) is 64.3 cm³/mol. The third kappa shape index (κ3) is 1.98. The number of rotatable bonds is 2. The second-order valence-corrected chi connectivity index (χ2v) is 4.66. The van der Waals surface area contributed by atoms with Gasteiger partial charge in [0.2, 0.25) is 0 Å². The number of likely N-dealkylation sites (N-methyl/N-ethyl adjacent to an activating group) is 1. The lowest BCUT2D eigenvalue weighted by Crippen LogP contribution is -2.27. The van der Waals surface area contributed by atoms with Crippen LogP contribution in [0.25, 0.3) is 6.08 Å². The van der Waals surface area contributed by atoms with Crippen molar-refractivity contribution < 1.29 is 9.21 Å². The fourth-order valence-corrected chi connectivity index (χ4v) is 2.67. The van der Waals surface area contributed by atoms with Gasteiger partial charge in [-0.1, -0.05) is 24.0 Å². The van der Waals surface area contributed by atoms with Crippen LogP contribution in [0.4, 0.5) is 0 Å². The van der Waals surface area contributed by atoms with Crippen LogP contribution in [0.1, 0.15) is 12.5 Å². The molecule has 0 aromatic carbocycles. The summed E-state index contributed by atoms with van der Waals surface area (Å²) < 4.78 is 5.55. The van der Waals surface area contributed by atoms with Gasteiger partial charge in [-0.2, -0.15) is 0 Å². The summed E-state index contributed by atoms with van der Waals surface area (Å²) in [6.45, 7) is 2.53. The number of thiocarbonyl (C=S) groups is 1. The molecule has 1 fully saturated rings. The number of furan rings is 1. The van der Waals surface area contributed by atoms with E-state index in [4.69, 9.17) is 16.6 Å². The average Bonchev–Trinajstić information content (AvgIpc) is 2.78. The molecular weight excluding hydrogens is 230 g/mol. The van der Waals surface area contributed by atoms with Gasteiger partial charge in [0.25, 0.3) is 5.91 Å². The molecule has 1 amide bonds. The molecule has 0 saturated carbocycles. The summed E-state index contributed by atoms with van der Waals surface area (Å²) in [7, 11) is 0. The minimum Gasteiger partial charge on any atom is -0.472 e. The van der Waals surface area contributed by atoms with Crippen molar-refractivity contribution in [2.24, 2.45) is 0 Å². The van der Waals surface area contributed by atoms with E-state index in [-0.39, 0.29) is 5.91 Å². The van der Waals surface area contributed by atoms with Gasteiger partial charge in [0, 0.05) is 12.1 Å². The maximum absolute atomic E-state index is 11.8. The monoisotopic (exact) mass is 239 g/mol. The summed E-state index contributed by atoms with van der Waals surface area (Å²) in [5.41, 5.74) is 0.881. The van der Waals surface area contributed by atoms with E-state index in [9.17, 15) is 4.79 Å². The van der Waals surface area contributed by atoms with Gasteiger partial charge in [-0.15, -0.1) is 0 Å². The Morgan fingerprint density at radius 1 is 1.67 bits per heavy atom. The van der Waals surface area contributed by atoms with E-state index in [0.29, 0.717) is 15.8 Å². The van der Waals surface area contributed by atoms with Crippen molar-refractivity contribution in [1.29, 1.82) is 0 Å². The maximum Gasteiger partial charge on any atom is 0.266 e. The van der Waals surface area contributed by atoms with E-state index in [0.717, 1.165) is 5.56 Å². The summed E-state index contributed by atoms with van der Waals surface area (Å²) in [4.78, 5) is 14.0. The molecule has 0 bridgehead atoms. The molecule has 15 heavy (non-hydrogen) atoms. The van der Waals surface area contributed by atoms with Gasteiger partial charge in [-0.3, -0.25) is 9.69 Å². The number of hydrogen-bond acceptors (Lipinski definition) is 4. The first-order valence-corrected chi connectivity index (χ1v) is 5.72. The Bertz CT molecular complexity index is 423. The van der Waals surface area contributed by atoms with Crippen LogP contribution in [-0.4, -0.2) is 21.7 Å². The van der Waals surface area contributed by atoms with Crippen LogP contribution in [0.5, 0.6) is 0 Å². The zero-order valence-corrected chi connectivity index (χ0v) is 9.73. The Morgan fingerprint density at radius 3 is 3.00 bits per heavy atom. The molecule has 0 radical (unpaired) electrons. The van der Waals surface area contributed by atoms with Crippen molar-refractivity contribution in [3.63, 3.8) is 0 Å². The third-order valence-corrected chi connectivity index (χ3v) is 3.41. The fraction of sp³-hybridized carbons (Fsp3) is 0.200. The topological polar surface area (TPSA) is 33.5 Å². The van der Waals surface area contributed by atoms with Crippen LogP contribution in [0.15, 0.2) is 27.9 Å². The van der Waals surface area contributed by atoms with E-state index < -0.39 is 0 Å². The van der Waals surface area contributed by atoms with Gasteiger partial charge < -0.3 is 4.42 Å². The number of carbonyl (C=O) groups excluding carboxylic acids is 1. The van der Waals surface area contributed by atoms with Gasteiger partial charge in [0.1, 0.15) is 4.32 Å². The van der Waals surface area contributed by atoms with Crippen LogP contribution >= 0.6 is 24.0 Å². The lowest BCUT2D eigenvalue weighted by Gasteiger charge is -2.09. The van der Waals surface area contributed by atoms with Crippen molar-refractivity contribution in [1.82, 2.24) is 4.90 Å². The summed E-state index contributed by atoms with van der Waals surface area (Å²) in [5, 5.41) is 0. The summed E-state index contributed by atoms with van der Waals surface area (Å²) in [5.74, 6) is -0.0197. The Morgan fingerprint density at radius 2 is 2.47 bits per heavy atom. The molecule has 5 heteroatoms. The highest BCUT2D eigenvalue weighted by atomic mass is 32.2. The fourth-order valence-electron chi connectivity index (χ4n) is 1.28. The molecule has 0 unspecified atom stereocenters. The standard InChI is InChI=1S/C10H9NO2S2/c1-2-11-9(12)8(15-10(11)14)5-7-3-4-13-6-7/h3-6H,2H2,1H3/b8-5+. The summed E-state index contributed by atoms with van der Waals surface area (Å²) >= 11 is 6.43. The molecule has 1 aliphatic rings. The normalized spacial score (nSPS) is 19.3. The molecule has 1 aromatic rings. The molecule has 0 atom stereocenters. The Labute approximate surface area is 97.1 Å². The zero-order chi connectivity index (χ0) is 10.8. The quantitative estimate of drug-likeness (QED) is 0.586. The van der Waals surface area contributed by atoms with Gasteiger partial charge in [-0.05, 0) is 19.1 Å². The average molecular weight is 239 g/mol. The molecular formula is C10H9NO2S2. The number of amides is 1. The predicted octanol–water partition coefficient (Wildman–Crippen LogP) is 2.50. The van der Waals surface area contributed by atoms with Gasteiger partial charge in [0.15, 0.2) is 0 Å². The van der Waals surface area contributed by atoms with E-state index in [2.05, 4.69) is 0 Å². The van der Waals surface area contributed by atoms with Crippen LogP contribution in [-0.2, 0) is 4.79 Å². The van der Waals surface area contributed by atoms with Crippen LogP contribution in [0.3, 0.4) is 0 Å². The number of thioether (sulfide) groups is 1. The number of carbonyl (C=O) groups is 1. The first kappa shape index (κ1) is 10.4. The molecule has 3 nitrogen and oxygen atoms in total. The summed E-state index contributed by atoms with van der Waals surface area (Å²) in [6, 6.07) is 1.80. The van der Waals surface area contributed by atoms with Crippen molar-refractivity contribution in [3.05, 3.63) is 29.1 Å². The van der Waals surface area contributed by atoms with E-state index in [1.165, 1.54) is 11.8 Å². The molecule has 0 N–H and O–H groups in total. The Balaban J connectivity index is 2.26. The first-order chi connectivity index (χ1) is 7.22. The van der Waals surface area contributed by atoms with Crippen LogP contribution in [0, 0.1) is 0 Å². The number of nitrogens with zero attached hydrogens (tertiary/aromatic N) is 1. The van der Waals surface area contributed by atoms with Crippen LogP contribution in [0.2, 0.25) is 0 Å². The molecule has 2 heterocycles. The van der Waals surface area contributed by atoms with Gasteiger partial charge in [-0.25, -0.2) is 0 Å². The third-order valence-electron chi connectivity index (χ3n) is 2.03. The molecule has 0 aliphatic carbocycles. The molecule has 0 spiro atoms. The molecule has 1 saturated heterocycles. The summed E-state index contributed by atoms with van der Waals surface area (Å²) in [6.07, 6.45) is 4.96. The minimum atomic E-state index is -0.0197. The van der Waals surface area contributed by atoms with Crippen molar-refractivity contribution in [2.75, 3.05) is 6.54 Å². The number of hydrogen-bond donors (Lipinski definition) is 0. The molecule has 2 rings (SSSR count). The second-order valence-electron chi connectivity index (χ2n) is 2.98. The molecule has 1 aromatic heterocycles. The molecule has 1 aliphatic heterocycles. The van der Waals surface area contributed by atoms with Gasteiger partial charge >= 0.3 is 0 Å². The smallest absolute Gasteiger partial charge is 0.266 e. The lowest BCUT2D eigenvalue weighted by atomic mass is 10.3. The SMILES string of the molecule is CCN1C(=O)/C(=C\c2ccoc2)SC1=S. The Hall–Kier alpha value is -1.07. The van der Waals surface area contributed by atoms with Crippen molar-refractivity contribution in [3.8, 4) is 0 Å². The van der Waals surface area contributed by atoms with E-state index >= 15 is 0 Å².